The van der Waals surface area contributed by atoms with Gasteiger partial charge >= 0.3 is 0 Å². The lowest BCUT2D eigenvalue weighted by molar-refractivity contribution is -0.385. The Hall–Kier alpha value is -1.40. The first kappa shape index (κ1) is 15.1. The average molecular weight is 199 g/mol. The first-order valence-corrected chi connectivity index (χ1v) is 3.74. The zero-order chi connectivity index (χ0) is 9.30. The van der Waals surface area contributed by atoms with Crippen LogP contribution >= 0.6 is 0 Å². The van der Waals surface area contributed by atoms with Crippen molar-refractivity contribution in [1.29, 1.82) is 0 Å². The molecule has 0 saturated carbocycles. The fraction of sp³-hybridized carbons (Fsp3) is 0.250. The van der Waals surface area contributed by atoms with Crippen LogP contribution in [0.5, 0.6) is 0 Å². The third-order valence-electron chi connectivity index (χ3n) is 2.01. The molecule has 0 aliphatic heterocycles. The van der Waals surface area contributed by atoms with Gasteiger partial charge in [-0.3, -0.25) is 10.1 Å². The van der Waals surface area contributed by atoms with Crippen molar-refractivity contribution in [2.24, 2.45) is 0 Å². The molecule has 0 heterocycles. The molecule has 0 spiro atoms. The molecule has 0 atom stereocenters. The SMILES string of the molecule is Bc1cc([N+](=O)[O-])c(C)cc1C.O.O. The van der Waals surface area contributed by atoms with Crippen molar-refractivity contribution in [1.82, 2.24) is 0 Å². The molecule has 6 heteroatoms. The number of hydrogen-bond donors (Lipinski definition) is 0. The van der Waals surface area contributed by atoms with Crippen molar-refractivity contribution in [2.45, 2.75) is 13.8 Å². The minimum absolute atomic E-state index is 0. The molecule has 0 unspecified atom stereocenters. The van der Waals surface area contributed by atoms with E-state index in [1.54, 1.807) is 13.0 Å². The molecule has 0 bridgehead atoms. The van der Waals surface area contributed by atoms with E-state index in [1.165, 1.54) is 0 Å². The molecular weight excluding hydrogens is 185 g/mol. The molecule has 0 aliphatic carbocycles. The summed E-state index contributed by atoms with van der Waals surface area (Å²) in [6.45, 7) is 3.70. The number of rotatable bonds is 1. The van der Waals surface area contributed by atoms with Gasteiger partial charge in [0.05, 0.1) is 4.92 Å². The van der Waals surface area contributed by atoms with Gasteiger partial charge in [-0.05, 0) is 13.8 Å². The third kappa shape index (κ3) is 2.83. The van der Waals surface area contributed by atoms with Gasteiger partial charge in [-0.2, -0.15) is 0 Å². The van der Waals surface area contributed by atoms with Crippen LogP contribution in [0.4, 0.5) is 5.69 Å². The maximum absolute atomic E-state index is 10.5. The van der Waals surface area contributed by atoms with Gasteiger partial charge in [0.25, 0.3) is 5.69 Å². The van der Waals surface area contributed by atoms with Gasteiger partial charge in [0.1, 0.15) is 7.85 Å². The Kier molecular flexibility index (Phi) is 5.78. The fourth-order valence-electron chi connectivity index (χ4n) is 1.14. The quantitative estimate of drug-likeness (QED) is 0.322. The molecule has 0 radical (unpaired) electrons. The van der Waals surface area contributed by atoms with Crippen molar-refractivity contribution < 1.29 is 15.9 Å². The van der Waals surface area contributed by atoms with E-state index in [4.69, 9.17) is 0 Å². The normalized spacial score (nSPS) is 8.43. The Balaban J connectivity index is 0. The van der Waals surface area contributed by atoms with Crippen molar-refractivity contribution in [3.8, 4) is 0 Å². The summed E-state index contributed by atoms with van der Waals surface area (Å²) in [6.07, 6.45) is 0. The first-order valence-electron chi connectivity index (χ1n) is 3.74. The standard InChI is InChI=1S/C8H10BNO2.2H2O/c1-5-3-6(2)8(10(11)12)4-7(5)9;;/h3-4H,9H2,1-2H3;2*1H2. The summed E-state index contributed by atoms with van der Waals surface area (Å²) in [5.74, 6) is 0. The van der Waals surface area contributed by atoms with Gasteiger partial charge in [-0.1, -0.05) is 17.1 Å². The van der Waals surface area contributed by atoms with Crippen molar-refractivity contribution in [3.05, 3.63) is 33.4 Å². The summed E-state index contributed by atoms with van der Waals surface area (Å²) in [4.78, 5) is 10.1. The van der Waals surface area contributed by atoms with Crippen LogP contribution in [-0.4, -0.2) is 23.7 Å². The third-order valence-corrected chi connectivity index (χ3v) is 2.01. The average Bonchev–Trinajstić information content (AvgIpc) is 1.96. The number of aryl methyl sites for hydroxylation is 2. The van der Waals surface area contributed by atoms with E-state index in [0.29, 0.717) is 0 Å². The minimum Gasteiger partial charge on any atom is -0.412 e. The highest BCUT2D eigenvalue weighted by molar-refractivity contribution is 6.33. The van der Waals surface area contributed by atoms with Gasteiger partial charge in [-0.15, -0.1) is 0 Å². The van der Waals surface area contributed by atoms with Crippen LogP contribution < -0.4 is 5.46 Å². The van der Waals surface area contributed by atoms with Crippen LogP contribution in [0.3, 0.4) is 0 Å². The number of benzene rings is 1. The van der Waals surface area contributed by atoms with E-state index < -0.39 is 0 Å². The summed E-state index contributed by atoms with van der Waals surface area (Å²) in [5, 5.41) is 10.5. The van der Waals surface area contributed by atoms with Crippen LogP contribution in [0.25, 0.3) is 0 Å². The number of nitro benzene ring substituents is 1. The highest BCUT2D eigenvalue weighted by Crippen LogP contribution is 2.16. The molecule has 78 valence electrons. The Morgan fingerprint density at radius 1 is 1.21 bits per heavy atom. The Labute approximate surface area is 82.9 Å². The van der Waals surface area contributed by atoms with Gasteiger partial charge in [0, 0.05) is 11.6 Å². The summed E-state index contributed by atoms with van der Waals surface area (Å²) >= 11 is 0. The number of hydrogen-bond acceptors (Lipinski definition) is 2. The zero-order valence-electron chi connectivity index (χ0n) is 8.42. The molecule has 0 fully saturated rings. The molecule has 1 aromatic carbocycles. The molecule has 0 amide bonds. The minimum atomic E-state index is -0.345. The van der Waals surface area contributed by atoms with Crippen LogP contribution in [0.2, 0.25) is 0 Å². The smallest absolute Gasteiger partial charge is 0.271 e. The van der Waals surface area contributed by atoms with Gasteiger partial charge in [-0.25, -0.2) is 0 Å². The van der Waals surface area contributed by atoms with Gasteiger partial charge in [0.2, 0.25) is 0 Å². The lowest BCUT2D eigenvalue weighted by atomic mass is 9.89. The second-order valence-corrected chi connectivity index (χ2v) is 2.98. The zero-order valence-corrected chi connectivity index (χ0v) is 8.42. The number of nitro groups is 1. The topological polar surface area (TPSA) is 106 Å². The van der Waals surface area contributed by atoms with Crippen molar-refractivity contribution >= 4 is 19.0 Å². The highest BCUT2D eigenvalue weighted by atomic mass is 16.6. The predicted octanol–water partition coefficient (Wildman–Crippen LogP) is -1.18. The Morgan fingerprint density at radius 3 is 2.14 bits per heavy atom. The molecule has 0 aliphatic rings. The molecule has 4 N–H and O–H groups in total. The summed E-state index contributed by atoms with van der Waals surface area (Å²) in [7, 11) is 1.88. The largest absolute Gasteiger partial charge is 0.412 e. The van der Waals surface area contributed by atoms with Crippen molar-refractivity contribution in [3.63, 3.8) is 0 Å². The highest BCUT2D eigenvalue weighted by Gasteiger charge is 2.10. The molecule has 1 rings (SSSR count). The van der Waals surface area contributed by atoms with Crippen LogP contribution in [0.15, 0.2) is 12.1 Å². The number of nitrogens with zero attached hydrogens (tertiary/aromatic N) is 1. The van der Waals surface area contributed by atoms with E-state index in [0.717, 1.165) is 16.6 Å². The molecular formula is C8H14BNO4. The Bertz CT molecular complexity index is 340. The second kappa shape index (κ2) is 5.36. The van der Waals surface area contributed by atoms with Crippen molar-refractivity contribution in [2.75, 3.05) is 0 Å². The van der Waals surface area contributed by atoms with Gasteiger partial charge in [0.15, 0.2) is 0 Å². The Morgan fingerprint density at radius 2 is 1.71 bits per heavy atom. The lowest BCUT2D eigenvalue weighted by Crippen LogP contribution is -2.09. The fourth-order valence-corrected chi connectivity index (χ4v) is 1.14. The van der Waals surface area contributed by atoms with E-state index in [1.807, 2.05) is 20.8 Å². The van der Waals surface area contributed by atoms with Crippen LogP contribution in [-0.2, 0) is 0 Å². The predicted molar refractivity (Wildman–Crippen MR) is 58.0 cm³/mol. The van der Waals surface area contributed by atoms with Crippen LogP contribution in [0.1, 0.15) is 11.1 Å². The lowest BCUT2D eigenvalue weighted by Gasteiger charge is -2.02. The van der Waals surface area contributed by atoms with Gasteiger partial charge < -0.3 is 11.0 Å². The van der Waals surface area contributed by atoms with E-state index in [-0.39, 0.29) is 21.6 Å². The second-order valence-electron chi connectivity index (χ2n) is 2.98. The summed E-state index contributed by atoms with van der Waals surface area (Å²) in [5.41, 5.74) is 2.99. The molecule has 0 aromatic heterocycles. The summed E-state index contributed by atoms with van der Waals surface area (Å²) in [6, 6.07) is 3.46. The maximum atomic E-state index is 10.5. The molecule has 14 heavy (non-hydrogen) atoms. The molecule has 1 aromatic rings. The monoisotopic (exact) mass is 199 g/mol. The maximum Gasteiger partial charge on any atom is 0.271 e. The van der Waals surface area contributed by atoms with E-state index in [2.05, 4.69) is 0 Å². The molecule has 0 saturated heterocycles. The van der Waals surface area contributed by atoms with Crippen LogP contribution in [0, 0.1) is 24.0 Å². The van der Waals surface area contributed by atoms with E-state index >= 15 is 0 Å². The first-order chi connectivity index (χ1) is 5.52. The van der Waals surface area contributed by atoms with E-state index in [9.17, 15) is 10.1 Å². The molecule has 5 nitrogen and oxygen atoms in total. The summed E-state index contributed by atoms with van der Waals surface area (Å²) < 4.78 is 0.